The average molecular weight is 511 g/mol. The Morgan fingerprint density at radius 2 is 1.66 bits per heavy atom. The summed E-state index contributed by atoms with van der Waals surface area (Å²) in [5.74, 6) is 0.861. The molecule has 0 amide bonds. The van der Waals surface area contributed by atoms with Crippen LogP contribution >= 0.6 is 24.0 Å². The number of nitrogens with one attached hydrogen (secondary N) is 1. The molecule has 3 aromatic carbocycles. The van der Waals surface area contributed by atoms with Gasteiger partial charge in [0.2, 0.25) is 5.96 Å². The van der Waals surface area contributed by atoms with Gasteiger partial charge in [0.15, 0.2) is 0 Å². The van der Waals surface area contributed by atoms with Gasteiger partial charge in [0.05, 0.1) is 23.4 Å². The normalized spacial score (nSPS) is 10.9. The van der Waals surface area contributed by atoms with E-state index in [0.717, 1.165) is 5.56 Å². The minimum absolute atomic E-state index is 0. The van der Waals surface area contributed by atoms with Crippen LogP contribution in [0.3, 0.4) is 0 Å². The summed E-state index contributed by atoms with van der Waals surface area (Å²) in [6, 6.07) is 22.2. The highest BCUT2D eigenvalue weighted by atomic mass is 35.5. The zero-order chi connectivity index (χ0) is 24.1. The Hall–Kier alpha value is -4.21. The van der Waals surface area contributed by atoms with Crippen molar-refractivity contribution in [2.24, 2.45) is 10.7 Å². The van der Waals surface area contributed by atoms with Crippen LogP contribution in [0.1, 0.15) is 0 Å². The Kier molecular flexibility index (Phi) is 8.19. The monoisotopic (exact) mass is 510 g/mol. The molecule has 0 aliphatic heterocycles. The van der Waals surface area contributed by atoms with Crippen LogP contribution in [0.15, 0.2) is 83.9 Å². The van der Waals surface area contributed by atoms with Crippen molar-refractivity contribution >= 4 is 47.3 Å². The van der Waals surface area contributed by atoms with Gasteiger partial charge in [-0.2, -0.15) is 4.99 Å². The molecule has 9 nitrogen and oxygen atoms in total. The Balaban J connectivity index is 0.00000342. The highest BCUT2D eigenvalue weighted by molar-refractivity contribution is 6.30. The lowest BCUT2D eigenvalue weighted by atomic mass is 10.1. The van der Waals surface area contributed by atoms with Crippen molar-refractivity contribution in [2.45, 2.75) is 0 Å². The maximum atomic E-state index is 11.2. The molecule has 35 heavy (non-hydrogen) atoms. The SMILES string of the molecule is COc1ccc(-c2cc(-c3cccc([N+](=O)[O-])c3)nc(N=C(N)Nc3ccc(Cl)cc3)n2)cc1.Cl. The molecule has 0 saturated carbocycles. The Labute approximate surface area is 212 Å². The van der Waals surface area contributed by atoms with E-state index in [0.29, 0.717) is 33.4 Å². The van der Waals surface area contributed by atoms with E-state index in [-0.39, 0.29) is 30.0 Å². The van der Waals surface area contributed by atoms with Crippen LogP contribution in [0.5, 0.6) is 5.75 Å². The summed E-state index contributed by atoms with van der Waals surface area (Å²) < 4.78 is 5.22. The van der Waals surface area contributed by atoms with Crippen LogP contribution in [0.25, 0.3) is 22.5 Å². The van der Waals surface area contributed by atoms with Crippen molar-refractivity contribution < 1.29 is 9.66 Å². The average Bonchev–Trinajstić information content (AvgIpc) is 2.85. The number of aromatic nitrogens is 2. The number of ether oxygens (including phenoxy) is 1. The van der Waals surface area contributed by atoms with Crippen molar-refractivity contribution in [3.8, 4) is 28.3 Å². The highest BCUT2D eigenvalue weighted by Crippen LogP contribution is 2.29. The van der Waals surface area contributed by atoms with Crippen LogP contribution in [0, 0.1) is 10.1 Å². The summed E-state index contributed by atoms with van der Waals surface area (Å²) in [6.07, 6.45) is 0. The number of halogens is 2. The largest absolute Gasteiger partial charge is 0.497 e. The molecule has 178 valence electrons. The predicted octanol–water partition coefficient (Wildman–Crippen LogP) is 5.86. The van der Waals surface area contributed by atoms with Crippen LogP contribution in [0.2, 0.25) is 5.02 Å². The first-order valence-corrected chi connectivity index (χ1v) is 10.4. The van der Waals surface area contributed by atoms with Crippen LogP contribution in [-0.4, -0.2) is 28.0 Å². The van der Waals surface area contributed by atoms with Gasteiger partial charge in [-0.15, -0.1) is 12.4 Å². The van der Waals surface area contributed by atoms with E-state index in [1.807, 2.05) is 24.3 Å². The van der Waals surface area contributed by atoms with Crippen molar-refractivity contribution in [3.05, 3.63) is 94.0 Å². The summed E-state index contributed by atoms with van der Waals surface area (Å²) in [7, 11) is 1.59. The zero-order valence-corrected chi connectivity index (χ0v) is 20.0. The van der Waals surface area contributed by atoms with E-state index in [9.17, 15) is 10.1 Å². The Morgan fingerprint density at radius 1 is 1.00 bits per heavy atom. The van der Waals surface area contributed by atoms with Crippen molar-refractivity contribution in [1.82, 2.24) is 9.97 Å². The quantitative estimate of drug-likeness (QED) is 0.144. The number of aliphatic imine (C=N–C) groups is 1. The lowest BCUT2D eigenvalue weighted by Gasteiger charge is -2.09. The lowest BCUT2D eigenvalue weighted by Crippen LogP contribution is -2.22. The molecule has 0 unspecified atom stereocenters. The molecule has 0 saturated heterocycles. The summed E-state index contributed by atoms with van der Waals surface area (Å²) in [6.45, 7) is 0. The summed E-state index contributed by atoms with van der Waals surface area (Å²) in [4.78, 5) is 24.1. The van der Waals surface area contributed by atoms with Gasteiger partial charge in [0, 0.05) is 34.0 Å². The molecule has 3 N–H and O–H groups in total. The van der Waals surface area contributed by atoms with Gasteiger partial charge in [0.25, 0.3) is 11.6 Å². The summed E-state index contributed by atoms with van der Waals surface area (Å²) in [5, 5.41) is 14.8. The molecule has 0 spiro atoms. The van der Waals surface area contributed by atoms with Crippen molar-refractivity contribution in [3.63, 3.8) is 0 Å². The minimum atomic E-state index is -0.456. The number of methoxy groups -OCH3 is 1. The highest BCUT2D eigenvalue weighted by Gasteiger charge is 2.13. The third-order valence-electron chi connectivity index (χ3n) is 4.79. The molecule has 4 aromatic rings. The van der Waals surface area contributed by atoms with Crippen LogP contribution in [-0.2, 0) is 0 Å². The molecule has 11 heteroatoms. The lowest BCUT2D eigenvalue weighted by molar-refractivity contribution is -0.384. The number of nitro groups is 1. The van der Waals surface area contributed by atoms with Gasteiger partial charge in [-0.05, 0) is 54.6 Å². The first kappa shape index (κ1) is 25.4. The van der Waals surface area contributed by atoms with Gasteiger partial charge >= 0.3 is 0 Å². The number of rotatable bonds is 6. The van der Waals surface area contributed by atoms with Crippen LogP contribution < -0.4 is 15.8 Å². The number of non-ortho nitro benzene ring substituents is 1. The Morgan fingerprint density at radius 3 is 2.29 bits per heavy atom. The maximum absolute atomic E-state index is 11.2. The van der Waals surface area contributed by atoms with E-state index >= 15 is 0 Å². The van der Waals surface area contributed by atoms with E-state index < -0.39 is 4.92 Å². The third-order valence-corrected chi connectivity index (χ3v) is 5.04. The fourth-order valence-corrected chi connectivity index (χ4v) is 3.26. The van der Waals surface area contributed by atoms with Crippen molar-refractivity contribution in [2.75, 3.05) is 12.4 Å². The second kappa shape index (κ2) is 11.3. The fourth-order valence-electron chi connectivity index (χ4n) is 3.14. The van der Waals surface area contributed by atoms with Gasteiger partial charge < -0.3 is 15.8 Å². The van der Waals surface area contributed by atoms with Gasteiger partial charge in [-0.3, -0.25) is 10.1 Å². The zero-order valence-electron chi connectivity index (χ0n) is 18.4. The van der Waals surface area contributed by atoms with Crippen LogP contribution in [0.4, 0.5) is 17.3 Å². The molecule has 0 aliphatic carbocycles. The first-order chi connectivity index (χ1) is 16.4. The number of hydrogen-bond donors (Lipinski definition) is 2. The second-order valence-electron chi connectivity index (χ2n) is 7.10. The molecule has 0 bridgehead atoms. The van der Waals surface area contributed by atoms with E-state index in [4.69, 9.17) is 22.1 Å². The molecule has 0 atom stereocenters. The number of nitrogens with zero attached hydrogens (tertiary/aromatic N) is 4. The number of hydrogen-bond acceptors (Lipinski definition) is 6. The topological polar surface area (TPSA) is 129 Å². The molecule has 0 fully saturated rings. The molecule has 4 rings (SSSR count). The van der Waals surface area contributed by atoms with E-state index in [2.05, 4.69) is 20.3 Å². The number of anilines is 1. The second-order valence-corrected chi connectivity index (χ2v) is 7.54. The van der Waals surface area contributed by atoms with Gasteiger partial charge in [-0.25, -0.2) is 9.97 Å². The molecule has 1 aromatic heterocycles. The maximum Gasteiger partial charge on any atom is 0.270 e. The fraction of sp³-hybridized carbons (Fsp3) is 0.0417. The molecular weight excluding hydrogens is 491 g/mol. The summed E-state index contributed by atoms with van der Waals surface area (Å²) in [5.41, 5.74) is 9.08. The van der Waals surface area contributed by atoms with E-state index in [1.165, 1.54) is 12.1 Å². The number of nitrogens with two attached hydrogens (primary N) is 1. The standard InChI is InChI=1S/C24H19ClN6O3.ClH/c1-34-20-11-5-15(6-12-20)21-14-22(16-3-2-4-19(13-16)31(32)33)29-24(28-21)30-23(26)27-18-9-7-17(25)8-10-18;/h2-14H,1H3,(H3,26,27,28,29,30);1H. The smallest absolute Gasteiger partial charge is 0.270 e. The molecular formula is C24H20Cl2N6O3. The number of benzene rings is 3. The molecule has 1 heterocycles. The first-order valence-electron chi connectivity index (χ1n) is 10.1. The summed E-state index contributed by atoms with van der Waals surface area (Å²) >= 11 is 5.92. The van der Waals surface area contributed by atoms with Gasteiger partial charge in [0.1, 0.15) is 5.75 Å². The van der Waals surface area contributed by atoms with E-state index in [1.54, 1.807) is 49.6 Å². The molecule has 0 aliphatic rings. The number of guanidine groups is 1. The van der Waals surface area contributed by atoms with Gasteiger partial charge in [-0.1, -0.05) is 23.7 Å². The predicted molar refractivity (Wildman–Crippen MR) is 140 cm³/mol. The Bertz CT molecular complexity index is 1360. The van der Waals surface area contributed by atoms with Crippen molar-refractivity contribution in [1.29, 1.82) is 0 Å². The third kappa shape index (κ3) is 6.44. The molecule has 0 radical (unpaired) electrons. The minimum Gasteiger partial charge on any atom is -0.497 e. The number of nitro benzene ring substituents is 1.